The minimum absolute atomic E-state index is 0.0340. The van der Waals surface area contributed by atoms with Crippen molar-refractivity contribution in [1.82, 2.24) is 19.7 Å². The minimum atomic E-state index is -0.910. The lowest BCUT2D eigenvalue weighted by molar-refractivity contribution is -0.134. The lowest BCUT2D eigenvalue weighted by Gasteiger charge is -2.15. The van der Waals surface area contributed by atoms with Crippen LogP contribution in [0, 0.1) is 0 Å². The Morgan fingerprint density at radius 3 is 2.79 bits per heavy atom. The first-order chi connectivity index (χ1) is 9.04. The van der Waals surface area contributed by atoms with Crippen molar-refractivity contribution < 1.29 is 14.7 Å². The van der Waals surface area contributed by atoms with Crippen LogP contribution in [0.5, 0.6) is 0 Å². The molecule has 7 nitrogen and oxygen atoms in total. The van der Waals surface area contributed by atoms with Crippen molar-refractivity contribution in [1.29, 1.82) is 0 Å². The molecule has 1 aliphatic heterocycles. The number of hydrogen-bond donors (Lipinski definition) is 1. The molecular formula is C11H16N4O3S. The fourth-order valence-corrected chi connectivity index (χ4v) is 2.85. The summed E-state index contributed by atoms with van der Waals surface area (Å²) in [6, 6.07) is -0.300. The van der Waals surface area contributed by atoms with Gasteiger partial charge in [-0.3, -0.25) is 14.2 Å². The highest BCUT2D eigenvalue weighted by Crippen LogP contribution is 2.28. The quantitative estimate of drug-likeness (QED) is 0.788. The van der Waals surface area contributed by atoms with Crippen LogP contribution in [0.15, 0.2) is 5.16 Å². The highest BCUT2D eigenvalue weighted by Gasteiger charge is 2.33. The summed E-state index contributed by atoms with van der Waals surface area (Å²) in [6.45, 7) is 2.64. The van der Waals surface area contributed by atoms with Crippen molar-refractivity contribution in [3.05, 3.63) is 5.82 Å². The Kier molecular flexibility index (Phi) is 4.08. The summed E-state index contributed by atoms with van der Waals surface area (Å²) in [5.74, 6) is -0.237. The topological polar surface area (TPSA) is 88.3 Å². The zero-order valence-corrected chi connectivity index (χ0v) is 11.7. The SMILES string of the molecule is CCc1nnc(SCC(=O)O)n1C1CCN(C)C1=O. The van der Waals surface area contributed by atoms with E-state index in [9.17, 15) is 9.59 Å². The fraction of sp³-hybridized carbons (Fsp3) is 0.636. The first-order valence-corrected chi connectivity index (χ1v) is 7.06. The number of carbonyl (C=O) groups is 2. The van der Waals surface area contributed by atoms with E-state index in [1.165, 1.54) is 0 Å². The maximum atomic E-state index is 12.1. The zero-order valence-electron chi connectivity index (χ0n) is 10.9. The van der Waals surface area contributed by atoms with Gasteiger partial charge in [-0.15, -0.1) is 10.2 Å². The molecule has 2 rings (SSSR count). The number of hydrogen-bond acceptors (Lipinski definition) is 5. The number of carbonyl (C=O) groups excluding carboxylic acids is 1. The molecule has 2 heterocycles. The van der Waals surface area contributed by atoms with Crippen LogP contribution < -0.4 is 0 Å². The van der Waals surface area contributed by atoms with E-state index in [1.807, 2.05) is 6.92 Å². The van der Waals surface area contributed by atoms with Gasteiger partial charge in [0, 0.05) is 20.0 Å². The molecule has 0 radical (unpaired) electrons. The molecule has 0 bridgehead atoms. The largest absolute Gasteiger partial charge is 0.481 e. The van der Waals surface area contributed by atoms with Gasteiger partial charge in [0.15, 0.2) is 5.16 Å². The van der Waals surface area contributed by atoms with E-state index in [-0.39, 0.29) is 17.7 Å². The zero-order chi connectivity index (χ0) is 14.0. The molecule has 1 aromatic rings. The number of thioether (sulfide) groups is 1. The van der Waals surface area contributed by atoms with Crippen molar-refractivity contribution in [3.8, 4) is 0 Å². The van der Waals surface area contributed by atoms with Gasteiger partial charge in [-0.05, 0) is 6.42 Å². The van der Waals surface area contributed by atoms with E-state index >= 15 is 0 Å². The van der Waals surface area contributed by atoms with E-state index in [0.717, 1.165) is 17.6 Å². The molecule has 1 saturated heterocycles. The highest BCUT2D eigenvalue weighted by molar-refractivity contribution is 7.99. The molecule has 8 heteroatoms. The van der Waals surface area contributed by atoms with E-state index in [2.05, 4.69) is 10.2 Å². The van der Waals surface area contributed by atoms with E-state index in [4.69, 9.17) is 5.11 Å². The third-order valence-corrected chi connectivity index (χ3v) is 4.01. The van der Waals surface area contributed by atoms with Crippen LogP contribution in [0.25, 0.3) is 0 Å². The van der Waals surface area contributed by atoms with Crippen LogP contribution in [0.3, 0.4) is 0 Å². The second-order valence-electron chi connectivity index (χ2n) is 4.37. The summed E-state index contributed by atoms with van der Waals surface area (Å²) in [5.41, 5.74) is 0. The summed E-state index contributed by atoms with van der Waals surface area (Å²) in [6.07, 6.45) is 1.37. The summed E-state index contributed by atoms with van der Waals surface area (Å²) in [4.78, 5) is 24.4. The fourth-order valence-electron chi connectivity index (χ4n) is 2.13. The standard InChI is InChI=1S/C11H16N4O3S/c1-3-8-12-13-11(19-6-9(16)17)15(8)7-4-5-14(2)10(7)18/h7H,3-6H2,1-2H3,(H,16,17). The van der Waals surface area contributed by atoms with Gasteiger partial charge in [-0.1, -0.05) is 18.7 Å². The summed E-state index contributed by atoms with van der Waals surface area (Å²) >= 11 is 1.10. The van der Waals surface area contributed by atoms with Gasteiger partial charge in [0.25, 0.3) is 0 Å². The minimum Gasteiger partial charge on any atom is -0.481 e. The van der Waals surface area contributed by atoms with Crippen molar-refractivity contribution in [2.45, 2.75) is 31.0 Å². The lowest BCUT2D eigenvalue weighted by Crippen LogP contribution is -2.25. The first-order valence-electron chi connectivity index (χ1n) is 6.08. The molecule has 1 atom stereocenters. The lowest BCUT2D eigenvalue weighted by atomic mass is 10.2. The van der Waals surface area contributed by atoms with Crippen LogP contribution in [-0.2, 0) is 16.0 Å². The van der Waals surface area contributed by atoms with Gasteiger partial charge in [0.2, 0.25) is 5.91 Å². The third kappa shape index (κ3) is 2.73. The van der Waals surface area contributed by atoms with Gasteiger partial charge >= 0.3 is 5.97 Å². The van der Waals surface area contributed by atoms with Crippen molar-refractivity contribution in [2.24, 2.45) is 0 Å². The van der Waals surface area contributed by atoms with Gasteiger partial charge in [0.1, 0.15) is 11.9 Å². The summed E-state index contributed by atoms with van der Waals surface area (Å²) < 4.78 is 1.79. The van der Waals surface area contributed by atoms with Crippen LogP contribution in [0.2, 0.25) is 0 Å². The van der Waals surface area contributed by atoms with Gasteiger partial charge in [0.05, 0.1) is 5.75 Å². The summed E-state index contributed by atoms with van der Waals surface area (Å²) in [5, 5.41) is 17.3. The Morgan fingerprint density at radius 1 is 1.53 bits per heavy atom. The Morgan fingerprint density at radius 2 is 2.26 bits per heavy atom. The number of likely N-dealkylation sites (N-methyl/N-ethyl adjacent to an activating group) is 1. The second kappa shape index (κ2) is 5.60. The first kappa shape index (κ1) is 13.9. The smallest absolute Gasteiger partial charge is 0.313 e. The van der Waals surface area contributed by atoms with E-state index < -0.39 is 5.97 Å². The molecule has 0 saturated carbocycles. The van der Waals surface area contributed by atoms with Crippen LogP contribution in [0.4, 0.5) is 0 Å². The number of aromatic nitrogens is 3. The Labute approximate surface area is 115 Å². The number of carboxylic acids is 1. The molecular weight excluding hydrogens is 268 g/mol. The predicted molar refractivity (Wildman–Crippen MR) is 69.1 cm³/mol. The van der Waals surface area contributed by atoms with Crippen LogP contribution in [0.1, 0.15) is 25.2 Å². The molecule has 1 fully saturated rings. The monoisotopic (exact) mass is 284 g/mol. The molecule has 1 unspecified atom stereocenters. The molecule has 19 heavy (non-hydrogen) atoms. The molecule has 0 aliphatic carbocycles. The average molecular weight is 284 g/mol. The molecule has 0 spiro atoms. The number of carboxylic acid groups (broad SMARTS) is 1. The Balaban J connectivity index is 2.28. The van der Waals surface area contributed by atoms with Crippen molar-refractivity contribution >= 4 is 23.6 Å². The number of nitrogens with zero attached hydrogens (tertiary/aromatic N) is 4. The normalized spacial score (nSPS) is 19.2. The van der Waals surface area contributed by atoms with Gasteiger partial charge in [-0.2, -0.15) is 0 Å². The molecule has 1 amide bonds. The van der Waals surface area contributed by atoms with Gasteiger partial charge in [-0.25, -0.2) is 0 Å². The maximum absolute atomic E-state index is 12.1. The third-order valence-electron chi connectivity index (χ3n) is 3.09. The summed E-state index contributed by atoms with van der Waals surface area (Å²) in [7, 11) is 1.77. The highest BCUT2D eigenvalue weighted by atomic mass is 32.2. The van der Waals surface area contributed by atoms with Crippen LogP contribution in [-0.4, -0.2) is 56.0 Å². The number of aliphatic carboxylic acids is 1. The molecule has 0 aromatic carbocycles. The average Bonchev–Trinajstić information content (AvgIpc) is 2.92. The van der Waals surface area contributed by atoms with Crippen molar-refractivity contribution in [3.63, 3.8) is 0 Å². The second-order valence-corrected chi connectivity index (χ2v) is 5.31. The van der Waals surface area contributed by atoms with E-state index in [1.54, 1.807) is 16.5 Å². The molecule has 1 aromatic heterocycles. The number of likely N-dealkylation sites (tertiary alicyclic amines) is 1. The Bertz CT molecular complexity index is 502. The Hall–Kier alpha value is -1.57. The molecule has 104 valence electrons. The molecule has 1 N–H and O–H groups in total. The van der Waals surface area contributed by atoms with Gasteiger partial charge < -0.3 is 10.0 Å². The predicted octanol–water partition coefficient (Wildman–Crippen LogP) is 0.420. The number of aryl methyl sites for hydroxylation is 1. The molecule has 1 aliphatic rings. The van der Waals surface area contributed by atoms with Crippen molar-refractivity contribution in [2.75, 3.05) is 19.3 Å². The van der Waals surface area contributed by atoms with E-state index in [0.29, 0.717) is 24.5 Å². The van der Waals surface area contributed by atoms with Crippen LogP contribution >= 0.6 is 11.8 Å². The maximum Gasteiger partial charge on any atom is 0.313 e. The number of rotatable bonds is 5. The number of amides is 1.